The minimum absolute atomic E-state index is 0.0296. The summed E-state index contributed by atoms with van der Waals surface area (Å²) in [5, 5.41) is 0. The first-order valence-electron chi connectivity index (χ1n) is 9.50. The molecule has 2 aliphatic rings. The lowest BCUT2D eigenvalue weighted by molar-refractivity contribution is -0.138. The summed E-state index contributed by atoms with van der Waals surface area (Å²) in [7, 11) is 6.25. The molecule has 1 aromatic rings. The van der Waals surface area contributed by atoms with Crippen LogP contribution in [0.3, 0.4) is 0 Å². The number of thioether (sulfide) groups is 3. The Morgan fingerprint density at radius 1 is 0.676 bits per heavy atom. The van der Waals surface area contributed by atoms with Crippen LogP contribution >= 0.6 is 35.3 Å². The first-order chi connectivity index (χ1) is 16.2. The summed E-state index contributed by atoms with van der Waals surface area (Å²) in [4.78, 5) is 51.2. The van der Waals surface area contributed by atoms with Crippen LogP contribution in [0, 0.1) is 0 Å². The summed E-state index contributed by atoms with van der Waals surface area (Å²) in [6, 6.07) is 7.05. The lowest BCUT2D eigenvalue weighted by Gasteiger charge is -2.32. The van der Waals surface area contributed by atoms with Crippen molar-refractivity contribution < 1.29 is 42.9 Å². The van der Waals surface area contributed by atoms with Crippen molar-refractivity contribution in [2.75, 3.05) is 35.5 Å². The Hall–Kier alpha value is -2.83. The van der Waals surface area contributed by atoms with E-state index in [1.807, 2.05) is 0 Å². The first kappa shape index (κ1) is 25.8. The molecule has 12 heteroatoms. The normalized spacial score (nSPS) is 16.7. The molecular formula is C22H20O9S3. The highest BCUT2D eigenvalue weighted by Gasteiger charge is 2.54. The van der Waals surface area contributed by atoms with Crippen molar-refractivity contribution in [3.63, 3.8) is 0 Å². The first-order valence-corrected chi connectivity index (χ1v) is 12.0. The lowest BCUT2D eigenvalue weighted by Crippen LogP contribution is -2.31. The van der Waals surface area contributed by atoms with Crippen LogP contribution < -0.4 is 4.74 Å². The summed E-state index contributed by atoms with van der Waals surface area (Å²) in [6.45, 7) is 0. The largest absolute Gasteiger partial charge is 0.497 e. The van der Waals surface area contributed by atoms with Gasteiger partial charge in [0.1, 0.15) is 24.5 Å². The highest BCUT2D eigenvalue weighted by atomic mass is 32.2. The van der Waals surface area contributed by atoms with E-state index in [2.05, 4.69) is 0 Å². The quantitative estimate of drug-likeness (QED) is 0.402. The number of rotatable bonds is 6. The van der Waals surface area contributed by atoms with Crippen molar-refractivity contribution >= 4 is 64.1 Å². The van der Waals surface area contributed by atoms with Crippen LogP contribution in [0.15, 0.2) is 50.6 Å². The van der Waals surface area contributed by atoms with Crippen LogP contribution in [-0.2, 0) is 38.1 Å². The number of methoxy groups -OCH3 is 5. The molecule has 0 radical (unpaired) electrons. The van der Waals surface area contributed by atoms with Crippen molar-refractivity contribution in [2.24, 2.45) is 0 Å². The molecule has 2 heterocycles. The predicted octanol–water partition coefficient (Wildman–Crippen LogP) is 3.12. The Morgan fingerprint density at radius 3 is 1.59 bits per heavy atom. The maximum Gasteiger partial charge on any atom is 0.345 e. The van der Waals surface area contributed by atoms with Gasteiger partial charge in [0, 0.05) is 4.91 Å². The molecule has 34 heavy (non-hydrogen) atoms. The van der Waals surface area contributed by atoms with E-state index in [4.69, 9.17) is 23.7 Å². The SMILES string of the molecule is COC(=O)C1=C(C(=O)OC)SC2(C=C(c3ccc(OC)cc3)SC(C(=O)OC)=C2C(=O)OC)S1. The minimum Gasteiger partial charge on any atom is -0.497 e. The predicted molar refractivity (Wildman–Crippen MR) is 129 cm³/mol. The second kappa shape index (κ2) is 10.6. The van der Waals surface area contributed by atoms with Gasteiger partial charge >= 0.3 is 23.9 Å². The highest BCUT2D eigenvalue weighted by Crippen LogP contribution is 2.64. The van der Waals surface area contributed by atoms with Crippen LogP contribution in [0.2, 0.25) is 0 Å². The molecule has 0 saturated carbocycles. The van der Waals surface area contributed by atoms with Gasteiger partial charge in [-0.05, 0) is 23.8 Å². The van der Waals surface area contributed by atoms with E-state index >= 15 is 0 Å². The molecule has 0 saturated heterocycles. The smallest absolute Gasteiger partial charge is 0.345 e. The van der Waals surface area contributed by atoms with Crippen molar-refractivity contribution in [3.05, 3.63) is 56.2 Å². The van der Waals surface area contributed by atoms with Gasteiger partial charge in [-0.15, -0.1) is 0 Å². The Balaban J connectivity index is 2.26. The molecule has 1 aromatic carbocycles. The van der Waals surface area contributed by atoms with Gasteiger partial charge in [0.15, 0.2) is 0 Å². The number of carbonyl (C=O) groups is 4. The van der Waals surface area contributed by atoms with E-state index in [1.165, 1.54) is 28.4 Å². The number of ether oxygens (including phenoxy) is 5. The minimum atomic E-state index is -1.41. The summed E-state index contributed by atoms with van der Waals surface area (Å²) in [5.74, 6) is -2.51. The molecule has 3 rings (SSSR count). The fraction of sp³-hybridized carbons (Fsp3) is 0.273. The third-order valence-electron chi connectivity index (χ3n) is 4.70. The Bertz CT molecular complexity index is 1100. The zero-order chi connectivity index (χ0) is 25.0. The number of esters is 4. The van der Waals surface area contributed by atoms with Gasteiger partial charge in [-0.1, -0.05) is 47.4 Å². The summed E-state index contributed by atoms with van der Waals surface area (Å²) >= 11 is 2.81. The molecule has 0 N–H and O–H groups in total. The number of benzene rings is 1. The summed E-state index contributed by atoms with van der Waals surface area (Å²) in [5.41, 5.74) is 0.641. The van der Waals surface area contributed by atoms with Gasteiger partial charge in [-0.3, -0.25) is 0 Å². The highest BCUT2D eigenvalue weighted by molar-refractivity contribution is 8.26. The zero-order valence-corrected chi connectivity index (χ0v) is 21.2. The Morgan fingerprint density at radius 2 is 1.15 bits per heavy atom. The van der Waals surface area contributed by atoms with Crippen molar-refractivity contribution in [1.82, 2.24) is 0 Å². The molecule has 0 amide bonds. The third kappa shape index (κ3) is 4.70. The van der Waals surface area contributed by atoms with Crippen molar-refractivity contribution in [3.8, 4) is 5.75 Å². The van der Waals surface area contributed by atoms with Crippen LogP contribution in [0.25, 0.3) is 4.91 Å². The lowest BCUT2D eigenvalue weighted by atomic mass is 10.1. The zero-order valence-electron chi connectivity index (χ0n) is 18.8. The average Bonchev–Trinajstić information content (AvgIpc) is 3.25. The van der Waals surface area contributed by atoms with Crippen LogP contribution in [0.1, 0.15) is 5.56 Å². The van der Waals surface area contributed by atoms with Gasteiger partial charge in [-0.25, -0.2) is 19.2 Å². The molecular weight excluding hydrogens is 504 g/mol. The van der Waals surface area contributed by atoms with Gasteiger partial charge < -0.3 is 23.7 Å². The average molecular weight is 525 g/mol. The fourth-order valence-electron chi connectivity index (χ4n) is 3.10. The van der Waals surface area contributed by atoms with Crippen LogP contribution in [0.5, 0.6) is 5.75 Å². The Kier molecular flexibility index (Phi) is 8.05. The van der Waals surface area contributed by atoms with Crippen molar-refractivity contribution in [2.45, 2.75) is 4.08 Å². The number of hydrogen-bond donors (Lipinski definition) is 0. The van der Waals surface area contributed by atoms with E-state index in [0.717, 1.165) is 35.3 Å². The van der Waals surface area contributed by atoms with E-state index in [9.17, 15) is 19.2 Å². The summed E-state index contributed by atoms with van der Waals surface area (Å²) in [6.07, 6.45) is 1.70. The monoisotopic (exact) mass is 524 g/mol. The molecule has 0 bridgehead atoms. The molecule has 9 nitrogen and oxygen atoms in total. The second-order valence-corrected chi connectivity index (χ2v) is 10.4. The standard InChI is InChI=1S/C22H20O9S3/c1-27-12-8-6-11(7-9-12)13-10-22(14(18(23)28-2)15(32-13)19(24)29-3)33-16(20(25)30-4)17(34-22)21(26)31-5/h6-10H,1-5H3. The third-order valence-corrected chi connectivity index (χ3v) is 8.88. The molecule has 0 unspecified atom stereocenters. The van der Waals surface area contributed by atoms with Crippen molar-refractivity contribution in [1.29, 1.82) is 0 Å². The van der Waals surface area contributed by atoms with Gasteiger partial charge in [0.05, 0.1) is 41.1 Å². The maximum atomic E-state index is 13.0. The van der Waals surface area contributed by atoms with Gasteiger partial charge in [0.2, 0.25) is 0 Å². The van der Waals surface area contributed by atoms with E-state index in [1.54, 1.807) is 37.5 Å². The second-order valence-electron chi connectivity index (χ2n) is 6.54. The molecule has 0 aliphatic carbocycles. The molecule has 0 atom stereocenters. The Labute approximate surface area is 208 Å². The van der Waals surface area contributed by atoms with E-state index in [0.29, 0.717) is 16.2 Å². The fourth-order valence-corrected chi connectivity index (χ4v) is 7.73. The molecule has 1 spiro atoms. The topological polar surface area (TPSA) is 114 Å². The number of carbonyl (C=O) groups excluding carboxylic acids is 4. The van der Waals surface area contributed by atoms with E-state index < -0.39 is 28.0 Å². The van der Waals surface area contributed by atoms with Crippen LogP contribution in [0.4, 0.5) is 0 Å². The van der Waals surface area contributed by atoms with Gasteiger partial charge in [0.25, 0.3) is 0 Å². The number of hydrogen-bond acceptors (Lipinski definition) is 12. The molecule has 0 fully saturated rings. The molecule has 2 aliphatic heterocycles. The van der Waals surface area contributed by atoms with E-state index in [-0.39, 0.29) is 20.3 Å². The summed E-state index contributed by atoms with van der Waals surface area (Å²) < 4.78 is 23.4. The van der Waals surface area contributed by atoms with Crippen LogP contribution in [-0.4, -0.2) is 63.5 Å². The van der Waals surface area contributed by atoms with Gasteiger partial charge in [-0.2, -0.15) is 0 Å². The maximum absolute atomic E-state index is 13.0. The molecule has 0 aromatic heterocycles. The molecule has 180 valence electrons.